The van der Waals surface area contributed by atoms with Crippen molar-refractivity contribution in [3.8, 4) is 11.5 Å². The lowest BCUT2D eigenvalue weighted by molar-refractivity contribution is 0.483. The topological polar surface area (TPSA) is 9.23 Å². The molecule has 0 heterocycles. The van der Waals surface area contributed by atoms with Gasteiger partial charge in [-0.1, -0.05) is 69.6 Å². The van der Waals surface area contributed by atoms with Gasteiger partial charge in [-0.05, 0) is 18.2 Å². The largest absolute Gasteiger partial charge is 0.453 e. The Morgan fingerprint density at radius 2 is 1.21 bits per heavy atom. The highest BCUT2D eigenvalue weighted by Gasteiger charge is 2.15. The lowest BCUT2D eigenvalue weighted by Crippen LogP contribution is -1.89. The van der Waals surface area contributed by atoms with E-state index in [1.807, 2.05) is 0 Å². The van der Waals surface area contributed by atoms with Crippen LogP contribution < -0.4 is 4.74 Å². The Labute approximate surface area is 139 Å². The van der Waals surface area contributed by atoms with Gasteiger partial charge in [0.15, 0.2) is 5.75 Å². The molecular weight excluding hydrogens is 373 g/mol. The maximum absolute atomic E-state index is 6.03. The van der Waals surface area contributed by atoms with E-state index in [0.29, 0.717) is 20.1 Å². The second kappa shape index (κ2) is 6.17. The number of halogens is 6. The minimum Gasteiger partial charge on any atom is -0.453 e. The maximum Gasteiger partial charge on any atom is 0.166 e. The second-order valence-corrected chi connectivity index (χ2v) is 5.89. The Morgan fingerprint density at radius 1 is 0.632 bits per heavy atom. The van der Waals surface area contributed by atoms with Gasteiger partial charge in [-0.3, -0.25) is 0 Å². The normalized spacial score (nSPS) is 10.6. The molecule has 2 aromatic rings. The molecule has 100 valence electrons. The highest BCUT2D eigenvalue weighted by Crippen LogP contribution is 2.43. The van der Waals surface area contributed by atoms with Gasteiger partial charge in [0.25, 0.3) is 0 Å². The summed E-state index contributed by atoms with van der Waals surface area (Å²) in [6.45, 7) is 0. The third-order valence-corrected chi connectivity index (χ3v) is 4.29. The Bertz CT molecular complexity index is 641. The molecule has 0 spiro atoms. The Balaban J connectivity index is 2.48. The Morgan fingerprint density at radius 3 is 1.89 bits per heavy atom. The molecule has 0 saturated carbocycles. The molecule has 0 amide bonds. The van der Waals surface area contributed by atoms with Crippen LogP contribution in [0, 0.1) is 0 Å². The zero-order chi connectivity index (χ0) is 14.2. The van der Waals surface area contributed by atoms with Crippen LogP contribution in [0.25, 0.3) is 0 Å². The van der Waals surface area contributed by atoms with E-state index in [9.17, 15) is 0 Å². The monoisotopic (exact) mass is 374 g/mol. The molecule has 0 saturated heterocycles. The van der Waals surface area contributed by atoms with Crippen molar-refractivity contribution in [2.45, 2.75) is 0 Å². The highest BCUT2D eigenvalue weighted by atomic mass is 35.5. The van der Waals surface area contributed by atoms with E-state index in [1.165, 1.54) is 12.1 Å². The minimum atomic E-state index is 0.191. The molecule has 0 radical (unpaired) electrons. The van der Waals surface area contributed by atoms with Gasteiger partial charge in [0.05, 0.1) is 25.1 Å². The van der Waals surface area contributed by atoms with E-state index >= 15 is 0 Å². The van der Waals surface area contributed by atoms with E-state index in [-0.39, 0.29) is 21.5 Å². The minimum absolute atomic E-state index is 0.191. The van der Waals surface area contributed by atoms with Crippen molar-refractivity contribution in [1.29, 1.82) is 0 Å². The number of ether oxygens (including phenoxy) is 1. The van der Waals surface area contributed by atoms with Crippen molar-refractivity contribution in [3.63, 3.8) is 0 Å². The third kappa shape index (κ3) is 3.36. The third-order valence-electron chi connectivity index (χ3n) is 2.19. The number of hydrogen-bond acceptors (Lipinski definition) is 1. The van der Waals surface area contributed by atoms with Gasteiger partial charge in [0, 0.05) is 6.07 Å². The molecule has 0 unspecified atom stereocenters. The van der Waals surface area contributed by atoms with Crippen LogP contribution in [0.4, 0.5) is 0 Å². The molecule has 2 rings (SSSR count). The molecule has 0 aliphatic heterocycles. The van der Waals surface area contributed by atoms with Crippen LogP contribution in [0.5, 0.6) is 11.5 Å². The molecule has 0 aromatic heterocycles. The van der Waals surface area contributed by atoms with E-state index in [0.717, 1.165) is 0 Å². The van der Waals surface area contributed by atoms with Crippen LogP contribution in [0.15, 0.2) is 24.3 Å². The fraction of sp³-hybridized carbons (Fsp3) is 0. The quantitative estimate of drug-likeness (QED) is 0.496. The van der Waals surface area contributed by atoms with Gasteiger partial charge < -0.3 is 4.74 Å². The summed E-state index contributed by atoms with van der Waals surface area (Å²) in [7, 11) is 0. The van der Waals surface area contributed by atoms with Crippen molar-refractivity contribution in [2.24, 2.45) is 0 Å². The zero-order valence-corrected chi connectivity index (χ0v) is 13.5. The van der Waals surface area contributed by atoms with Crippen LogP contribution in [-0.4, -0.2) is 0 Å². The van der Waals surface area contributed by atoms with Crippen molar-refractivity contribution in [3.05, 3.63) is 54.4 Å². The summed E-state index contributed by atoms with van der Waals surface area (Å²) < 4.78 is 5.56. The number of benzene rings is 2. The summed E-state index contributed by atoms with van der Waals surface area (Å²) in [4.78, 5) is 0. The fourth-order valence-electron chi connectivity index (χ4n) is 1.29. The van der Waals surface area contributed by atoms with Crippen molar-refractivity contribution in [2.75, 3.05) is 0 Å². The summed E-state index contributed by atoms with van der Waals surface area (Å²) in [6.07, 6.45) is 0. The first kappa shape index (κ1) is 15.4. The van der Waals surface area contributed by atoms with Gasteiger partial charge in [0.2, 0.25) is 0 Å². The lowest BCUT2D eigenvalue weighted by Gasteiger charge is -2.12. The molecule has 7 heteroatoms. The lowest BCUT2D eigenvalue weighted by atomic mass is 10.3. The van der Waals surface area contributed by atoms with Gasteiger partial charge in [-0.25, -0.2) is 0 Å². The van der Waals surface area contributed by atoms with E-state index in [2.05, 4.69) is 0 Å². The molecule has 2 aromatic carbocycles. The summed E-state index contributed by atoms with van der Waals surface area (Å²) >= 11 is 35.7. The fourth-order valence-corrected chi connectivity index (χ4v) is 2.47. The van der Waals surface area contributed by atoms with Crippen molar-refractivity contribution >= 4 is 69.6 Å². The van der Waals surface area contributed by atoms with Crippen LogP contribution in [-0.2, 0) is 0 Å². The molecule has 0 aliphatic carbocycles. The molecule has 0 bridgehead atoms. The van der Waals surface area contributed by atoms with E-state index in [4.69, 9.17) is 74.3 Å². The molecule has 0 aliphatic rings. The van der Waals surface area contributed by atoms with Crippen molar-refractivity contribution < 1.29 is 4.74 Å². The van der Waals surface area contributed by atoms with Crippen molar-refractivity contribution in [1.82, 2.24) is 0 Å². The van der Waals surface area contributed by atoms with Crippen LogP contribution in [0.2, 0.25) is 30.1 Å². The van der Waals surface area contributed by atoms with E-state index in [1.54, 1.807) is 12.1 Å². The van der Waals surface area contributed by atoms with E-state index < -0.39 is 0 Å². The smallest absolute Gasteiger partial charge is 0.166 e. The first-order valence-corrected chi connectivity index (χ1v) is 7.13. The molecule has 1 nitrogen and oxygen atoms in total. The van der Waals surface area contributed by atoms with Gasteiger partial charge in [-0.15, -0.1) is 0 Å². The first-order valence-electron chi connectivity index (χ1n) is 4.86. The molecule has 0 fully saturated rings. The van der Waals surface area contributed by atoms with Crippen LogP contribution in [0.3, 0.4) is 0 Å². The molecule has 0 atom stereocenters. The Kier molecular flexibility index (Phi) is 4.99. The summed E-state index contributed by atoms with van der Waals surface area (Å²) in [6, 6.07) is 6.07. The maximum atomic E-state index is 6.03. The second-order valence-electron chi connectivity index (χ2n) is 3.47. The van der Waals surface area contributed by atoms with Crippen LogP contribution >= 0.6 is 69.6 Å². The predicted molar refractivity (Wildman–Crippen MR) is 83.0 cm³/mol. The summed E-state index contributed by atoms with van der Waals surface area (Å²) in [5.74, 6) is 0.484. The Hall–Kier alpha value is -0.0200. The predicted octanol–water partition coefficient (Wildman–Crippen LogP) is 7.40. The summed E-state index contributed by atoms with van der Waals surface area (Å²) in [5, 5.41) is 1.71. The van der Waals surface area contributed by atoms with Crippen LogP contribution in [0.1, 0.15) is 0 Å². The average molecular weight is 377 g/mol. The first-order chi connectivity index (χ1) is 8.90. The number of hydrogen-bond donors (Lipinski definition) is 0. The highest BCUT2D eigenvalue weighted by molar-refractivity contribution is 6.45. The molecule has 19 heavy (non-hydrogen) atoms. The summed E-state index contributed by atoms with van der Waals surface area (Å²) in [5.41, 5.74) is 0. The van der Waals surface area contributed by atoms with Gasteiger partial charge in [0.1, 0.15) is 10.8 Å². The van der Waals surface area contributed by atoms with Gasteiger partial charge in [-0.2, -0.15) is 0 Å². The zero-order valence-electron chi connectivity index (χ0n) is 8.99. The SMILES string of the molecule is Clc1cc(Cl)c(Oc2c(Cl)ccc(Cl)c2Cl)cc1Cl. The molecule has 0 N–H and O–H groups in total. The average Bonchev–Trinajstić information content (AvgIpc) is 2.36. The molecular formula is C12H4Cl6O. The number of rotatable bonds is 2. The standard InChI is InChI=1S/C12H4Cl6O/c13-5-1-2-6(14)12(11(5)18)19-10-4-8(16)7(15)3-9(10)17/h1-4H. The van der Waals surface area contributed by atoms with Gasteiger partial charge >= 0.3 is 0 Å².